The number of nitrogens with one attached hydrogen (secondary N) is 1. The molecule has 0 aromatic heterocycles. The van der Waals surface area contributed by atoms with Gasteiger partial charge < -0.3 is 19.7 Å². The van der Waals surface area contributed by atoms with Crippen LogP contribution in [-0.2, 0) is 19.1 Å². The van der Waals surface area contributed by atoms with Crippen molar-refractivity contribution in [3.8, 4) is 0 Å². The highest BCUT2D eigenvalue weighted by molar-refractivity contribution is 5.83. The van der Waals surface area contributed by atoms with Crippen LogP contribution < -0.4 is 5.32 Å². The first-order valence-electron chi connectivity index (χ1n) is 6.64. The SMILES string of the molecule is COC(=O)C(CN(C)CC1CCCOC1)NC(C)=O. The van der Waals surface area contributed by atoms with Crippen LogP contribution in [0.4, 0.5) is 0 Å². The maximum absolute atomic E-state index is 11.6. The lowest BCUT2D eigenvalue weighted by molar-refractivity contribution is -0.145. The summed E-state index contributed by atoms with van der Waals surface area (Å²) < 4.78 is 10.1. The Bertz CT molecular complexity index is 303. The molecular formula is C13H24N2O4. The molecule has 1 fully saturated rings. The molecular weight excluding hydrogens is 248 g/mol. The molecule has 1 amide bonds. The van der Waals surface area contributed by atoms with E-state index in [-0.39, 0.29) is 5.91 Å². The molecule has 0 aromatic rings. The number of likely N-dealkylation sites (N-methyl/N-ethyl adjacent to an activating group) is 1. The van der Waals surface area contributed by atoms with Crippen LogP contribution in [0.1, 0.15) is 19.8 Å². The molecule has 0 aromatic carbocycles. The van der Waals surface area contributed by atoms with Crippen LogP contribution in [0.25, 0.3) is 0 Å². The summed E-state index contributed by atoms with van der Waals surface area (Å²) >= 11 is 0. The predicted molar refractivity (Wildman–Crippen MR) is 70.7 cm³/mol. The number of carbonyl (C=O) groups excluding carboxylic acids is 2. The number of amides is 1. The first-order valence-corrected chi connectivity index (χ1v) is 6.64. The Kier molecular flexibility index (Phi) is 6.80. The fourth-order valence-corrected chi connectivity index (χ4v) is 2.35. The second kappa shape index (κ2) is 8.12. The molecule has 19 heavy (non-hydrogen) atoms. The highest BCUT2D eigenvalue weighted by Gasteiger charge is 2.23. The molecule has 1 saturated heterocycles. The number of esters is 1. The van der Waals surface area contributed by atoms with E-state index in [9.17, 15) is 9.59 Å². The van der Waals surface area contributed by atoms with Crippen molar-refractivity contribution in [3.63, 3.8) is 0 Å². The average molecular weight is 272 g/mol. The van der Waals surface area contributed by atoms with Gasteiger partial charge in [0.2, 0.25) is 5.91 Å². The van der Waals surface area contributed by atoms with Crippen molar-refractivity contribution in [1.82, 2.24) is 10.2 Å². The summed E-state index contributed by atoms with van der Waals surface area (Å²) in [4.78, 5) is 24.7. The fraction of sp³-hybridized carbons (Fsp3) is 0.846. The lowest BCUT2D eigenvalue weighted by Crippen LogP contribution is -2.48. The molecule has 0 radical (unpaired) electrons. The van der Waals surface area contributed by atoms with E-state index in [0.717, 1.165) is 32.6 Å². The van der Waals surface area contributed by atoms with Crippen LogP contribution in [0.3, 0.4) is 0 Å². The number of hydrogen-bond acceptors (Lipinski definition) is 5. The molecule has 0 spiro atoms. The maximum Gasteiger partial charge on any atom is 0.329 e. The van der Waals surface area contributed by atoms with E-state index in [0.29, 0.717) is 12.5 Å². The van der Waals surface area contributed by atoms with Gasteiger partial charge in [0.05, 0.1) is 13.7 Å². The molecule has 2 atom stereocenters. The minimum Gasteiger partial charge on any atom is -0.467 e. The molecule has 1 aliphatic heterocycles. The van der Waals surface area contributed by atoms with E-state index in [2.05, 4.69) is 5.32 Å². The molecule has 0 aliphatic carbocycles. The van der Waals surface area contributed by atoms with Gasteiger partial charge in [-0.3, -0.25) is 4.79 Å². The van der Waals surface area contributed by atoms with Crippen LogP contribution in [0.15, 0.2) is 0 Å². The molecule has 6 heteroatoms. The van der Waals surface area contributed by atoms with Crippen molar-refractivity contribution in [2.45, 2.75) is 25.8 Å². The minimum absolute atomic E-state index is 0.232. The van der Waals surface area contributed by atoms with Crippen molar-refractivity contribution in [2.75, 3.05) is 40.5 Å². The van der Waals surface area contributed by atoms with Crippen LogP contribution >= 0.6 is 0 Å². The number of carbonyl (C=O) groups is 2. The first-order chi connectivity index (χ1) is 9.02. The normalized spacial score (nSPS) is 20.9. The van der Waals surface area contributed by atoms with Gasteiger partial charge in [-0.05, 0) is 25.8 Å². The van der Waals surface area contributed by atoms with Crippen LogP contribution in [-0.4, -0.2) is 63.3 Å². The van der Waals surface area contributed by atoms with Crippen molar-refractivity contribution in [3.05, 3.63) is 0 Å². The summed E-state index contributed by atoms with van der Waals surface area (Å²) in [6.07, 6.45) is 2.23. The number of hydrogen-bond donors (Lipinski definition) is 1. The van der Waals surface area contributed by atoms with E-state index < -0.39 is 12.0 Å². The van der Waals surface area contributed by atoms with Crippen molar-refractivity contribution >= 4 is 11.9 Å². The standard InChI is InChI=1S/C13H24N2O4/c1-10(16)14-12(13(17)18-3)8-15(2)7-11-5-4-6-19-9-11/h11-12H,4-9H2,1-3H3,(H,14,16). The van der Waals surface area contributed by atoms with Crippen molar-refractivity contribution in [2.24, 2.45) is 5.92 Å². The summed E-state index contributed by atoms with van der Waals surface area (Å²) in [5.41, 5.74) is 0. The summed E-state index contributed by atoms with van der Waals surface area (Å²) in [5.74, 6) is -0.152. The Labute approximate surface area is 114 Å². The molecule has 0 saturated carbocycles. The molecule has 6 nitrogen and oxygen atoms in total. The van der Waals surface area contributed by atoms with Crippen LogP contribution in [0.2, 0.25) is 0 Å². The Morgan fingerprint density at radius 2 is 2.26 bits per heavy atom. The third-order valence-corrected chi connectivity index (χ3v) is 3.18. The fourth-order valence-electron chi connectivity index (χ4n) is 2.35. The lowest BCUT2D eigenvalue weighted by Gasteiger charge is -2.29. The second-order valence-corrected chi connectivity index (χ2v) is 5.08. The number of nitrogens with zero attached hydrogens (tertiary/aromatic N) is 1. The smallest absolute Gasteiger partial charge is 0.329 e. The Balaban J connectivity index is 2.42. The quantitative estimate of drug-likeness (QED) is 0.691. The summed E-state index contributed by atoms with van der Waals surface area (Å²) in [5, 5.41) is 2.61. The number of methoxy groups -OCH3 is 1. The summed E-state index contributed by atoms with van der Waals surface area (Å²) in [6, 6.07) is -0.614. The zero-order chi connectivity index (χ0) is 14.3. The minimum atomic E-state index is -0.614. The topological polar surface area (TPSA) is 67.9 Å². The van der Waals surface area contributed by atoms with Crippen molar-refractivity contribution in [1.29, 1.82) is 0 Å². The average Bonchev–Trinajstić information content (AvgIpc) is 2.37. The van der Waals surface area contributed by atoms with E-state index in [1.165, 1.54) is 14.0 Å². The van der Waals surface area contributed by atoms with E-state index in [1.54, 1.807) is 0 Å². The number of rotatable bonds is 6. The number of ether oxygens (including phenoxy) is 2. The molecule has 0 bridgehead atoms. The zero-order valence-corrected chi connectivity index (χ0v) is 12.0. The second-order valence-electron chi connectivity index (χ2n) is 5.08. The van der Waals surface area contributed by atoms with Crippen LogP contribution in [0.5, 0.6) is 0 Å². The van der Waals surface area contributed by atoms with E-state index in [4.69, 9.17) is 9.47 Å². The first kappa shape index (κ1) is 15.9. The molecule has 1 rings (SSSR count). The summed E-state index contributed by atoms with van der Waals surface area (Å²) in [7, 11) is 3.26. The van der Waals surface area contributed by atoms with E-state index >= 15 is 0 Å². The summed E-state index contributed by atoms with van der Waals surface area (Å²) in [6.45, 7) is 4.31. The molecule has 1 N–H and O–H groups in total. The maximum atomic E-state index is 11.6. The molecule has 1 aliphatic rings. The van der Waals surface area contributed by atoms with Gasteiger partial charge in [-0.2, -0.15) is 0 Å². The Morgan fingerprint density at radius 3 is 2.79 bits per heavy atom. The van der Waals surface area contributed by atoms with Gasteiger partial charge in [-0.25, -0.2) is 4.79 Å². The Morgan fingerprint density at radius 1 is 1.53 bits per heavy atom. The van der Waals surface area contributed by atoms with Gasteiger partial charge >= 0.3 is 5.97 Å². The third kappa shape index (κ3) is 6.02. The lowest BCUT2D eigenvalue weighted by atomic mass is 10.0. The van der Waals surface area contributed by atoms with E-state index in [1.807, 2.05) is 11.9 Å². The molecule has 2 unspecified atom stereocenters. The Hall–Kier alpha value is -1.14. The largest absolute Gasteiger partial charge is 0.467 e. The highest BCUT2D eigenvalue weighted by atomic mass is 16.5. The zero-order valence-electron chi connectivity index (χ0n) is 12.0. The van der Waals surface area contributed by atoms with Crippen molar-refractivity contribution < 1.29 is 19.1 Å². The van der Waals surface area contributed by atoms with Gasteiger partial charge in [0.25, 0.3) is 0 Å². The predicted octanol–water partition coefficient (Wildman–Crippen LogP) is 0.0225. The van der Waals surface area contributed by atoms with Gasteiger partial charge in [-0.15, -0.1) is 0 Å². The third-order valence-electron chi connectivity index (χ3n) is 3.18. The van der Waals surface area contributed by atoms with Gasteiger partial charge in [-0.1, -0.05) is 0 Å². The molecule has 110 valence electrons. The monoisotopic (exact) mass is 272 g/mol. The highest BCUT2D eigenvalue weighted by Crippen LogP contribution is 2.14. The van der Waals surface area contributed by atoms with Gasteiger partial charge in [0, 0.05) is 26.6 Å². The van der Waals surface area contributed by atoms with Crippen LogP contribution in [0, 0.1) is 5.92 Å². The van der Waals surface area contributed by atoms with Gasteiger partial charge in [0.15, 0.2) is 0 Å². The van der Waals surface area contributed by atoms with Gasteiger partial charge in [0.1, 0.15) is 6.04 Å². The molecule has 1 heterocycles.